The van der Waals surface area contributed by atoms with Gasteiger partial charge < -0.3 is 4.90 Å². The Hall–Kier alpha value is -1.10. The summed E-state index contributed by atoms with van der Waals surface area (Å²) in [5.74, 6) is 0. The largest absolute Gasteiger partial charge is 0.332 e. The van der Waals surface area contributed by atoms with Crippen molar-refractivity contribution in [3.63, 3.8) is 0 Å². The standard InChI is InChI=1S/C10H18N3O2.2C2H6/c1-2-13-5-3-11(8-14)7-10(13)12(9-15)4-6-13;2*1-2/h8-10H,2-7H2,1H3;2*1-2H3/q+1;;. The number of fused-ring (bicyclic) bond motifs is 1. The third-order valence-corrected chi connectivity index (χ3v) is 3.96. The molecule has 0 N–H and O–H groups in total. The van der Waals surface area contributed by atoms with Crippen molar-refractivity contribution in [2.75, 3.05) is 39.3 Å². The van der Waals surface area contributed by atoms with Crippen molar-refractivity contribution in [3.05, 3.63) is 0 Å². The summed E-state index contributed by atoms with van der Waals surface area (Å²) in [5, 5.41) is 0. The van der Waals surface area contributed by atoms with Gasteiger partial charge in [-0.3, -0.25) is 19.0 Å². The highest BCUT2D eigenvalue weighted by Crippen LogP contribution is 2.26. The van der Waals surface area contributed by atoms with Gasteiger partial charge in [-0.2, -0.15) is 0 Å². The Labute approximate surface area is 117 Å². The molecule has 5 nitrogen and oxygen atoms in total. The van der Waals surface area contributed by atoms with E-state index < -0.39 is 0 Å². The first-order chi connectivity index (χ1) is 9.25. The van der Waals surface area contributed by atoms with Gasteiger partial charge in [-0.15, -0.1) is 0 Å². The number of carbonyl (C=O) groups excluding carboxylic acids is 2. The second-order valence-electron chi connectivity index (χ2n) is 4.41. The first-order valence-electron chi connectivity index (χ1n) is 7.52. The minimum absolute atomic E-state index is 0.187. The van der Waals surface area contributed by atoms with Crippen LogP contribution in [0, 0.1) is 0 Å². The predicted molar refractivity (Wildman–Crippen MR) is 77.4 cm³/mol. The number of carbonyl (C=O) groups is 2. The second kappa shape index (κ2) is 8.91. The molecule has 0 aromatic carbocycles. The fourth-order valence-corrected chi connectivity index (χ4v) is 2.84. The Kier molecular flexibility index (Phi) is 8.39. The van der Waals surface area contributed by atoms with Gasteiger partial charge in [-0.05, 0) is 6.92 Å². The van der Waals surface area contributed by atoms with Crippen LogP contribution in [0.4, 0.5) is 0 Å². The summed E-state index contributed by atoms with van der Waals surface area (Å²) in [6.07, 6.45) is 2.01. The van der Waals surface area contributed by atoms with Crippen molar-refractivity contribution in [1.82, 2.24) is 9.80 Å². The van der Waals surface area contributed by atoms with E-state index in [0.717, 1.165) is 50.0 Å². The van der Waals surface area contributed by atoms with Crippen molar-refractivity contribution >= 4 is 12.8 Å². The summed E-state index contributed by atoms with van der Waals surface area (Å²) in [5.41, 5.74) is 0. The Bertz CT molecular complexity index is 273. The van der Waals surface area contributed by atoms with Crippen LogP contribution in [0.5, 0.6) is 0 Å². The topological polar surface area (TPSA) is 40.6 Å². The van der Waals surface area contributed by atoms with Crippen LogP contribution in [0.3, 0.4) is 0 Å². The molecule has 0 spiro atoms. The Balaban J connectivity index is 0.000000741. The highest BCUT2D eigenvalue weighted by atomic mass is 16.1. The summed E-state index contributed by atoms with van der Waals surface area (Å²) in [6, 6.07) is 0. The molecule has 19 heavy (non-hydrogen) atoms. The van der Waals surface area contributed by atoms with Gasteiger partial charge in [0.15, 0.2) is 6.17 Å². The molecule has 2 saturated heterocycles. The van der Waals surface area contributed by atoms with Crippen molar-refractivity contribution in [2.45, 2.75) is 40.8 Å². The number of rotatable bonds is 3. The number of hydrogen-bond donors (Lipinski definition) is 0. The maximum Gasteiger partial charge on any atom is 0.214 e. The molecular weight excluding hydrogens is 242 g/mol. The summed E-state index contributed by atoms with van der Waals surface area (Å²) in [7, 11) is 0. The molecule has 2 heterocycles. The number of quaternary nitrogens is 1. The highest BCUT2D eigenvalue weighted by molar-refractivity contribution is 5.50. The van der Waals surface area contributed by atoms with Crippen LogP contribution in [0.2, 0.25) is 0 Å². The van der Waals surface area contributed by atoms with E-state index in [1.165, 1.54) is 0 Å². The van der Waals surface area contributed by atoms with Gasteiger partial charge in [0.25, 0.3) is 0 Å². The molecule has 2 fully saturated rings. The monoisotopic (exact) mass is 272 g/mol. The predicted octanol–water partition coefficient (Wildman–Crippen LogP) is 1.15. The molecule has 0 radical (unpaired) electrons. The Morgan fingerprint density at radius 1 is 1.05 bits per heavy atom. The number of nitrogens with zero attached hydrogens (tertiary/aromatic N) is 3. The summed E-state index contributed by atoms with van der Waals surface area (Å²) >= 11 is 0. The molecule has 0 aromatic rings. The first kappa shape index (κ1) is 17.9. The lowest BCUT2D eigenvalue weighted by Crippen LogP contribution is -2.65. The smallest absolute Gasteiger partial charge is 0.214 e. The van der Waals surface area contributed by atoms with Gasteiger partial charge in [-0.1, -0.05) is 27.7 Å². The van der Waals surface area contributed by atoms with Crippen LogP contribution in [0.1, 0.15) is 34.6 Å². The van der Waals surface area contributed by atoms with Crippen LogP contribution in [0.25, 0.3) is 0 Å². The molecule has 2 atom stereocenters. The number of amides is 2. The SMILES string of the molecule is CC.CC.CC[N+]12CCN(C=O)CC1N(C=O)CC2. The third kappa shape index (κ3) is 3.69. The van der Waals surface area contributed by atoms with Crippen molar-refractivity contribution in [3.8, 4) is 0 Å². The van der Waals surface area contributed by atoms with Crippen LogP contribution in [0.15, 0.2) is 0 Å². The van der Waals surface area contributed by atoms with Crippen LogP contribution < -0.4 is 0 Å². The molecule has 2 rings (SSSR count). The van der Waals surface area contributed by atoms with E-state index >= 15 is 0 Å². The van der Waals surface area contributed by atoms with E-state index in [2.05, 4.69) is 6.92 Å². The van der Waals surface area contributed by atoms with E-state index in [4.69, 9.17) is 0 Å². The fourth-order valence-electron chi connectivity index (χ4n) is 2.84. The fraction of sp³-hybridized carbons (Fsp3) is 0.857. The molecule has 2 unspecified atom stereocenters. The lowest BCUT2D eigenvalue weighted by molar-refractivity contribution is -0.945. The van der Waals surface area contributed by atoms with E-state index in [1.54, 1.807) is 4.90 Å². The molecule has 0 bridgehead atoms. The lowest BCUT2D eigenvalue weighted by atomic mass is 10.2. The van der Waals surface area contributed by atoms with Crippen LogP contribution in [-0.4, -0.2) is 72.5 Å². The Morgan fingerprint density at radius 3 is 2.11 bits per heavy atom. The minimum Gasteiger partial charge on any atom is -0.332 e. The molecule has 2 aliphatic rings. The first-order valence-corrected chi connectivity index (χ1v) is 7.52. The summed E-state index contributed by atoms with van der Waals surface area (Å²) < 4.78 is 0.975. The third-order valence-electron chi connectivity index (χ3n) is 3.96. The van der Waals surface area contributed by atoms with E-state index in [0.29, 0.717) is 6.54 Å². The minimum atomic E-state index is 0.187. The molecule has 0 aliphatic carbocycles. The molecule has 0 aromatic heterocycles. The van der Waals surface area contributed by atoms with Crippen molar-refractivity contribution in [2.24, 2.45) is 0 Å². The molecule has 5 heteroatoms. The van der Waals surface area contributed by atoms with E-state index in [-0.39, 0.29) is 6.17 Å². The molecule has 2 aliphatic heterocycles. The number of piperazine rings is 1. The van der Waals surface area contributed by atoms with Crippen LogP contribution >= 0.6 is 0 Å². The van der Waals surface area contributed by atoms with Crippen molar-refractivity contribution in [1.29, 1.82) is 0 Å². The molecular formula is C14H30N3O2+. The maximum atomic E-state index is 10.9. The van der Waals surface area contributed by atoms with Crippen molar-refractivity contribution < 1.29 is 14.1 Å². The van der Waals surface area contributed by atoms with E-state index in [9.17, 15) is 9.59 Å². The quantitative estimate of drug-likeness (QED) is 0.571. The zero-order valence-corrected chi connectivity index (χ0v) is 13.1. The zero-order chi connectivity index (χ0) is 14.9. The summed E-state index contributed by atoms with van der Waals surface area (Å²) in [6.45, 7) is 15.6. The molecule has 2 amide bonds. The molecule has 0 saturated carbocycles. The van der Waals surface area contributed by atoms with E-state index in [1.807, 2.05) is 32.6 Å². The average molecular weight is 272 g/mol. The Morgan fingerprint density at radius 2 is 1.63 bits per heavy atom. The normalized spacial score (nSPS) is 28.4. The second-order valence-corrected chi connectivity index (χ2v) is 4.41. The average Bonchev–Trinajstić information content (AvgIpc) is 2.89. The summed E-state index contributed by atoms with van der Waals surface area (Å²) in [4.78, 5) is 25.3. The van der Waals surface area contributed by atoms with Gasteiger partial charge in [0.1, 0.15) is 0 Å². The van der Waals surface area contributed by atoms with Gasteiger partial charge in [0, 0.05) is 0 Å². The maximum absolute atomic E-state index is 10.9. The molecule has 112 valence electrons. The van der Waals surface area contributed by atoms with Crippen LogP contribution in [-0.2, 0) is 9.59 Å². The number of hydrogen-bond acceptors (Lipinski definition) is 2. The zero-order valence-electron chi connectivity index (χ0n) is 13.1. The lowest BCUT2D eigenvalue weighted by Gasteiger charge is -2.45. The van der Waals surface area contributed by atoms with Gasteiger partial charge in [0.05, 0.1) is 39.3 Å². The highest BCUT2D eigenvalue weighted by Gasteiger charge is 2.48. The van der Waals surface area contributed by atoms with Gasteiger partial charge in [-0.25, -0.2) is 0 Å². The van der Waals surface area contributed by atoms with Gasteiger partial charge in [0.2, 0.25) is 12.8 Å². The van der Waals surface area contributed by atoms with Gasteiger partial charge >= 0.3 is 0 Å². The number of likely N-dealkylation sites (N-methyl/N-ethyl adjacent to an activating group) is 1.